The van der Waals surface area contributed by atoms with E-state index in [2.05, 4.69) is 106 Å². The normalized spacial score (nSPS) is 12.0. The first-order valence-electron chi connectivity index (χ1n) is 9.39. The molecule has 0 atom stereocenters. The first kappa shape index (κ1) is 24.8. The van der Waals surface area contributed by atoms with Crippen LogP contribution in [0.25, 0.3) is 11.1 Å². The van der Waals surface area contributed by atoms with Crippen molar-refractivity contribution in [3.05, 3.63) is 80.8 Å². The molecule has 2 aromatic rings. The van der Waals surface area contributed by atoms with Crippen LogP contribution >= 0.6 is 31.9 Å². The van der Waals surface area contributed by atoms with Crippen LogP contribution in [0.5, 0.6) is 0 Å². The number of benzene rings is 2. The average Bonchev–Trinajstić information content (AvgIpc) is 2.65. The fraction of sp³-hybridized carbons (Fsp3) is 0.333. The van der Waals surface area contributed by atoms with Gasteiger partial charge >= 0.3 is 26.2 Å². The molecule has 0 nitrogen and oxygen atoms in total. The third kappa shape index (κ3) is 8.34. The maximum Gasteiger partial charge on any atom is 2.00 e. The Morgan fingerprint density at radius 2 is 1.00 bits per heavy atom. The van der Waals surface area contributed by atoms with Gasteiger partial charge in [-0.25, -0.2) is 0 Å². The summed E-state index contributed by atoms with van der Waals surface area (Å²) in [4.78, 5) is 0. The Labute approximate surface area is 200 Å². The van der Waals surface area contributed by atoms with E-state index in [1.54, 1.807) is 0 Å². The van der Waals surface area contributed by atoms with Crippen LogP contribution in [0.2, 0.25) is 0 Å². The van der Waals surface area contributed by atoms with Gasteiger partial charge in [0.2, 0.25) is 0 Å². The molecule has 0 amide bonds. The summed E-state index contributed by atoms with van der Waals surface area (Å²) in [5.41, 5.74) is 4.74. The molecule has 27 heavy (non-hydrogen) atoms. The molecule has 0 radical (unpaired) electrons. The fourth-order valence-corrected chi connectivity index (χ4v) is 3.21. The average molecular weight is 566 g/mol. The summed E-state index contributed by atoms with van der Waals surface area (Å²) in [5, 5.41) is 0. The summed E-state index contributed by atoms with van der Waals surface area (Å²) in [6.07, 6.45) is 14.0. The summed E-state index contributed by atoms with van der Waals surface area (Å²) < 4.78 is 2.19. The number of hydrogen-bond acceptors (Lipinski definition) is 0. The molecule has 140 valence electrons. The number of rotatable bonds is 9. The van der Waals surface area contributed by atoms with Crippen LogP contribution in [-0.2, 0) is 26.2 Å². The van der Waals surface area contributed by atoms with Crippen LogP contribution in [0.15, 0.2) is 57.5 Å². The van der Waals surface area contributed by atoms with Crippen LogP contribution in [0.4, 0.5) is 0 Å². The van der Waals surface area contributed by atoms with E-state index in [1.807, 2.05) is 0 Å². The van der Waals surface area contributed by atoms with Gasteiger partial charge in [-0.1, -0.05) is 108 Å². The van der Waals surface area contributed by atoms with Crippen LogP contribution in [-0.4, -0.2) is 0 Å². The Morgan fingerprint density at radius 1 is 0.667 bits per heavy atom. The summed E-state index contributed by atoms with van der Waals surface area (Å²) in [7, 11) is 0. The zero-order valence-electron chi connectivity index (χ0n) is 16.1. The fourth-order valence-electron chi connectivity index (χ4n) is 2.68. The molecular formula is C24H26Br2Zr. The van der Waals surface area contributed by atoms with Gasteiger partial charge in [-0.15, -0.1) is 24.3 Å². The summed E-state index contributed by atoms with van der Waals surface area (Å²) in [6.45, 7) is 4.44. The van der Waals surface area contributed by atoms with Gasteiger partial charge < -0.3 is 0 Å². The summed E-state index contributed by atoms with van der Waals surface area (Å²) in [6, 6.07) is 17.1. The Kier molecular flexibility index (Phi) is 12.7. The molecule has 0 heterocycles. The first-order chi connectivity index (χ1) is 12.7. The minimum absolute atomic E-state index is 0. The van der Waals surface area contributed by atoms with E-state index in [9.17, 15) is 0 Å². The third-order valence-corrected chi connectivity index (χ3v) is 5.24. The van der Waals surface area contributed by atoms with Gasteiger partial charge in [0.25, 0.3) is 0 Å². The van der Waals surface area contributed by atoms with Gasteiger partial charge in [0.05, 0.1) is 0 Å². The quantitative estimate of drug-likeness (QED) is 0.162. The monoisotopic (exact) mass is 562 g/mol. The van der Waals surface area contributed by atoms with Crippen molar-refractivity contribution in [1.82, 2.24) is 0 Å². The molecule has 2 aromatic carbocycles. The van der Waals surface area contributed by atoms with Crippen LogP contribution < -0.4 is 0 Å². The number of unbranched alkanes of at least 4 members (excludes halogenated alkanes) is 4. The number of hydrogen-bond donors (Lipinski definition) is 0. The molecule has 2 rings (SSSR count). The maximum atomic E-state index is 3.69. The molecule has 0 aliphatic heterocycles. The van der Waals surface area contributed by atoms with E-state index >= 15 is 0 Å². The molecule has 0 fully saturated rings. The van der Waals surface area contributed by atoms with E-state index in [1.165, 1.54) is 35.1 Å². The van der Waals surface area contributed by atoms with Crippen LogP contribution in [0, 0.1) is 12.2 Å². The minimum atomic E-state index is 0. The molecular weight excluding hydrogens is 539 g/mol. The Hall–Kier alpha value is -0.237. The Balaban J connectivity index is 0.00000364. The van der Waals surface area contributed by atoms with E-state index in [-0.39, 0.29) is 26.2 Å². The summed E-state index contributed by atoms with van der Waals surface area (Å²) in [5.74, 6) is 0. The van der Waals surface area contributed by atoms with E-state index < -0.39 is 0 Å². The minimum Gasteiger partial charge on any atom is -0.294 e. The second kappa shape index (κ2) is 13.9. The predicted octanol–water partition coefficient (Wildman–Crippen LogP) is 8.66. The molecule has 0 aromatic heterocycles. The molecule has 0 bridgehead atoms. The molecule has 0 saturated heterocycles. The van der Waals surface area contributed by atoms with Crippen molar-refractivity contribution in [3.8, 4) is 0 Å². The Morgan fingerprint density at radius 3 is 1.30 bits per heavy atom. The molecule has 0 spiro atoms. The second-order valence-corrected chi connectivity index (χ2v) is 8.16. The number of halogens is 2. The van der Waals surface area contributed by atoms with Crippen molar-refractivity contribution in [2.24, 2.45) is 0 Å². The van der Waals surface area contributed by atoms with Gasteiger partial charge in [-0.2, -0.15) is 11.1 Å². The van der Waals surface area contributed by atoms with Crippen molar-refractivity contribution in [3.63, 3.8) is 0 Å². The van der Waals surface area contributed by atoms with Gasteiger partial charge in [0.15, 0.2) is 0 Å². The van der Waals surface area contributed by atoms with Gasteiger partial charge in [0.1, 0.15) is 0 Å². The topological polar surface area (TPSA) is 0 Å². The van der Waals surface area contributed by atoms with Crippen molar-refractivity contribution < 1.29 is 26.2 Å². The SMILES string of the molecule is CCCC[C-]=C(C(=[C-]CCCC)c1ccc(Br)cc1)c1ccc(Br)cc1.[Zr+2]. The maximum absolute atomic E-state index is 3.69. The largest absolute Gasteiger partial charge is 2.00 e. The second-order valence-electron chi connectivity index (χ2n) is 6.32. The number of allylic oxidation sites excluding steroid dienone is 4. The smallest absolute Gasteiger partial charge is 0.294 e. The zero-order chi connectivity index (χ0) is 18.8. The van der Waals surface area contributed by atoms with Crippen LogP contribution in [0.3, 0.4) is 0 Å². The van der Waals surface area contributed by atoms with E-state index in [0.29, 0.717) is 0 Å². The van der Waals surface area contributed by atoms with Gasteiger partial charge in [-0.3, -0.25) is 23.3 Å². The van der Waals surface area contributed by atoms with E-state index in [4.69, 9.17) is 0 Å². The standard InChI is InChI=1S/C24H26Br2.Zr/c1-3-5-7-9-23(19-11-15-21(25)16-12-19)24(10-8-6-4-2)20-13-17-22(26)18-14-20;/h11-18H,3-8H2,1-2H3;/q-2;+2. The Bertz CT molecular complexity index is 662. The van der Waals surface area contributed by atoms with Crippen molar-refractivity contribution in [2.45, 2.75) is 52.4 Å². The predicted molar refractivity (Wildman–Crippen MR) is 121 cm³/mol. The molecule has 3 heteroatoms. The van der Waals surface area contributed by atoms with Gasteiger partial charge in [0, 0.05) is 8.95 Å². The van der Waals surface area contributed by atoms with Gasteiger partial charge in [-0.05, 0) is 0 Å². The summed E-state index contributed by atoms with van der Waals surface area (Å²) >= 11 is 7.08. The first-order valence-corrected chi connectivity index (χ1v) is 11.0. The zero-order valence-corrected chi connectivity index (χ0v) is 21.7. The van der Waals surface area contributed by atoms with Crippen molar-refractivity contribution in [1.29, 1.82) is 0 Å². The molecule has 0 aliphatic carbocycles. The van der Waals surface area contributed by atoms with Crippen molar-refractivity contribution >= 4 is 43.0 Å². The third-order valence-electron chi connectivity index (χ3n) is 4.18. The molecule has 0 N–H and O–H groups in total. The molecule has 0 unspecified atom stereocenters. The molecule has 0 saturated carbocycles. The van der Waals surface area contributed by atoms with Crippen molar-refractivity contribution in [2.75, 3.05) is 0 Å². The van der Waals surface area contributed by atoms with Crippen LogP contribution in [0.1, 0.15) is 63.5 Å². The van der Waals surface area contributed by atoms with E-state index in [0.717, 1.165) is 34.6 Å². The molecule has 0 aliphatic rings.